The second-order valence-electron chi connectivity index (χ2n) is 4.09. The van der Waals surface area contributed by atoms with Gasteiger partial charge in [-0.05, 0) is 24.7 Å². The van der Waals surface area contributed by atoms with E-state index >= 15 is 0 Å². The lowest BCUT2D eigenvalue weighted by Gasteiger charge is -2.07. The summed E-state index contributed by atoms with van der Waals surface area (Å²) in [4.78, 5) is 18.6. The molecule has 1 aromatic heterocycles. The SMILES string of the molecule is CNCc1cc(=O)[nH]c(Cc2c(Cl)cccc2Cl)n1. The first-order chi connectivity index (χ1) is 9.10. The Morgan fingerprint density at radius 1 is 1.32 bits per heavy atom. The van der Waals surface area contributed by atoms with Gasteiger partial charge in [-0.1, -0.05) is 29.3 Å². The van der Waals surface area contributed by atoms with Gasteiger partial charge in [0.2, 0.25) is 0 Å². The lowest BCUT2D eigenvalue weighted by atomic mass is 10.1. The van der Waals surface area contributed by atoms with Gasteiger partial charge in [-0.3, -0.25) is 4.79 Å². The van der Waals surface area contributed by atoms with Gasteiger partial charge in [0.15, 0.2) is 0 Å². The average Bonchev–Trinajstić information content (AvgIpc) is 2.34. The summed E-state index contributed by atoms with van der Waals surface area (Å²) < 4.78 is 0. The number of nitrogens with one attached hydrogen (secondary N) is 2. The van der Waals surface area contributed by atoms with Crippen molar-refractivity contribution in [3.05, 3.63) is 61.7 Å². The van der Waals surface area contributed by atoms with Gasteiger partial charge < -0.3 is 10.3 Å². The summed E-state index contributed by atoms with van der Waals surface area (Å²) in [5.74, 6) is 0.549. The molecule has 6 heteroatoms. The Hall–Kier alpha value is -1.36. The molecule has 2 N–H and O–H groups in total. The van der Waals surface area contributed by atoms with Gasteiger partial charge in [0.05, 0.1) is 5.69 Å². The fourth-order valence-corrected chi connectivity index (χ4v) is 2.32. The quantitative estimate of drug-likeness (QED) is 0.911. The predicted octanol–water partition coefficient (Wildman–Crippen LogP) is 2.39. The molecule has 0 saturated carbocycles. The Kier molecular flexibility index (Phi) is 4.58. The topological polar surface area (TPSA) is 57.8 Å². The van der Waals surface area contributed by atoms with E-state index in [-0.39, 0.29) is 5.56 Å². The molecule has 19 heavy (non-hydrogen) atoms. The van der Waals surface area contributed by atoms with Crippen molar-refractivity contribution in [1.29, 1.82) is 0 Å². The van der Waals surface area contributed by atoms with Crippen LogP contribution in [0.3, 0.4) is 0 Å². The van der Waals surface area contributed by atoms with E-state index < -0.39 is 0 Å². The Labute approximate surface area is 120 Å². The highest BCUT2D eigenvalue weighted by Crippen LogP contribution is 2.25. The number of nitrogens with zero attached hydrogens (tertiary/aromatic N) is 1. The van der Waals surface area contributed by atoms with E-state index in [1.165, 1.54) is 6.07 Å². The van der Waals surface area contributed by atoms with Gasteiger partial charge in [0.25, 0.3) is 5.56 Å². The van der Waals surface area contributed by atoms with Crippen molar-refractivity contribution in [2.45, 2.75) is 13.0 Å². The molecular weight excluding hydrogens is 285 g/mol. The summed E-state index contributed by atoms with van der Waals surface area (Å²) in [6.07, 6.45) is 0.394. The fraction of sp³-hybridized carbons (Fsp3) is 0.231. The minimum atomic E-state index is -0.182. The van der Waals surface area contributed by atoms with Crippen molar-refractivity contribution in [2.75, 3.05) is 7.05 Å². The van der Waals surface area contributed by atoms with E-state index in [1.54, 1.807) is 25.2 Å². The molecule has 0 aliphatic carbocycles. The van der Waals surface area contributed by atoms with Crippen LogP contribution in [0.5, 0.6) is 0 Å². The summed E-state index contributed by atoms with van der Waals surface area (Å²) in [6.45, 7) is 0.535. The molecule has 0 atom stereocenters. The lowest BCUT2D eigenvalue weighted by molar-refractivity contribution is 0.767. The summed E-state index contributed by atoms with van der Waals surface area (Å²) in [6, 6.07) is 6.77. The number of hydrogen-bond acceptors (Lipinski definition) is 3. The van der Waals surface area contributed by atoms with Crippen LogP contribution in [-0.2, 0) is 13.0 Å². The van der Waals surface area contributed by atoms with E-state index in [0.29, 0.717) is 34.5 Å². The molecule has 1 aromatic carbocycles. The Balaban J connectivity index is 2.35. The Morgan fingerprint density at radius 3 is 2.63 bits per heavy atom. The van der Waals surface area contributed by atoms with Crippen LogP contribution in [0.2, 0.25) is 10.0 Å². The minimum absolute atomic E-state index is 0.182. The smallest absolute Gasteiger partial charge is 0.251 e. The zero-order valence-electron chi connectivity index (χ0n) is 10.3. The fourth-order valence-electron chi connectivity index (χ4n) is 1.79. The Bertz CT molecular complexity index is 620. The standard InChI is InChI=1S/C13H13Cl2N3O/c1-16-7-8-5-13(19)18-12(17-8)6-9-10(14)3-2-4-11(9)15/h2-5,16H,6-7H2,1H3,(H,17,18,19). The summed E-state index contributed by atoms with van der Waals surface area (Å²) >= 11 is 12.2. The maximum Gasteiger partial charge on any atom is 0.251 e. The van der Waals surface area contributed by atoms with Crippen LogP contribution in [0.25, 0.3) is 0 Å². The number of aromatic nitrogens is 2. The first-order valence-electron chi connectivity index (χ1n) is 5.76. The first-order valence-corrected chi connectivity index (χ1v) is 6.52. The van der Waals surface area contributed by atoms with Gasteiger partial charge in [-0.25, -0.2) is 4.98 Å². The molecule has 2 rings (SSSR count). The number of hydrogen-bond donors (Lipinski definition) is 2. The molecule has 0 unspecified atom stereocenters. The monoisotopic (exact) mass is 297 g/mol. The Morgan fingerprint density at radius 2 is 2.00 bits per heavy atom. The van der Waals surface area contributed by atoms with Gasteiger partial charge in [-0.15, -0.1) is 0 Å². The van der Waals surface area contributed by atoms with Crippen LogP contribution in [0.1, 0.15) is 17.1 Å². The van der Waals surface area contributed by atoms with Crippen LogP contribution < -0.4 is 10.9 Å². The molecule has 0 radical (unpaired) electrons. The van der Waals surface area contributed by atoms with Crippen LogP contribution in [0.15, 0.2) is 29.1 Å². The lowest BCUT2D eigenvalue weighted by Crippen LogP contribution is -2.16. The van der Waals surface area contributed by atoms with Crippen molar-refractivity contribution in [1.82, 2.24) is 15.3 Å². The van der Waals surface area contributed by atoms with Crippen molar-refractivity contribution in [2.24, 2.45) is 0 Å². The largest absolute Gasteiger partial charge is 0.314 e. The molecule has 0 aliphatic heterocycles. The van der Waals surface area contributed by atoms with Gasteiger partial charge in [-0.2, -0.15) is 0 Å². The molecular formula is C13H13Cl2N3O. The predicted molar refractivity (Wildman–Crippen MR) is 76.9 cm³/mol. The first kappa shape index (κ1) is 14.1. The maximum absolute atomic E-state index is 11.6. The van der Waals surface area contributed by atoms with Gasteiger partial charge >= 0.3 is 0 Å². The molecule has 4 nitrogen and oxygen atoms in total. The second kappa shape index (κ2) is 6.19. The number of H-pyrrole nitrogens is 1. The minimum Gasteiger partial charge on any atom is -0.314 e. The zero-order valence-corrected chi connectivity index (χ0v) is 11.8. The molecule has 0 fully saturated rings. The maximum atomic E-state index is 11.6. The molecule has 1 heterocycles. The van der Waals surface area contributed by atoms with E-state index in [0.717, 1.165) is 5.56 Å². The third kappa shape index (κ3) is 3.56. The molecule has 0 amide bonds. The zero-order chi connectivity index (χ0) is 13.8. The van der Waals surface area contributed by atoms with E-state index in [4.69, 9.17) is 23.2 Å². The van der Waals surface area contributed by atoms with E-state index in [2.05, 4.69) is 15.3 Å². The highest BCUT2D eigenvalue weighted by molar-refractivity contribution is 6.36. The molecule has 0 saturated heterocycles. The second-order valence-corrected chi connectivity index (χ2v) is 4.91. The van der Waals surface area contributed by atoms with Crippen molar-refractivity contribution in [3.63, 3.8) is 0 Å². The summed E-state index contributed by atoms with van der Waals surface area (Å²) in [5.41, 5.74) is 1.26. The van der Waals surface area contributed by atoms with E-state index in [1.807, 2.05) is 0 Å². The van der Waals surface area contributed by atoms with Gasteiger partial charge in [0.1, 0.15) is 5.82 Å². The van der Waals surface area contributed by atoms with Crippen LogP contribution >= 0.6 is 23.2 Å². The number of aromatic amines is 1. The highest BCUT2D eigenvalue weighted by Gasteiger charge is 2.09. The number of halogens is 2. The average molecular weight is 298 g/mol. The molecule has 2 aromatic rings. The number of rotatable bonds is 4. The van der Waals surface area contributed by atoms with E-state index in [9.17, 15) is 4.79 Å². The third-order valence-electron chi connectivity index (χ3n) is 2.61. The molecule has 0 aliphatic rings. The van der Waals surface area contributed by atoms with Crippen molar-refractivity contribution >= 4 is 23.2 Å². The molecule has 100 valence electrons. The normalized spacial score (nSPS) is 10.7. The van der Waals surface area contributed by atoms with Gasteiger partial charge in [0, 0.05) is 29.1 Å². The molecule has 0 spiro atoms. The van der Waals surface area contributed by atoms with Crippen molar-refractivity contribution < 1.29 is 0 Å². The van der Waals surface area contributed by atoms with Crippen molar-refractivity contribution in [3.8, 4) is 0 Å². The summed E-state index contributed by atoms with van der Waals surface area (Å²) in [7, 11) is 1.80. The summed E-state index contributed by atoms with van der Waals surface area (Å²) in [5, 5.41) is 4.09. The van der Waals surface area contributed by atoms with Crippen LogP contribution in [-0.4, -0.2) is 17.0 Å². The molecule has 0 bridgehead atoms. The number of benzene rings is 1. The third-order valence-corrected chi connectivity index (χ3v) is 3.32. The van der Waals surface area contributed by atoms with Crippen LogP contribution in [0, 0.1) is 0 Å². The van der Waals surface area contributed by atoms with Crippen LogP contribution in [0.4, 0.5) is 0 Å². The highest BCUT2D eigenvalue weighted by atomic mass is 35.5.